The molecule has 2 aromatic carbocycles. The van der Waals surface area contributed by atoms with E-state index in [-0.39, 0.29) is 30.3 Å². The van der Waals surface area contributed by atoms with E-state index in [0.717, 1.165) is 58.5 Å². The van der Waals surface area contributed by atoms with Crippen molar-refractivity contribution >= 4 is 24.0 Å². The number of amides is 4. The number of aromatic amines is 2. The van der Waals surface area contributed by atoms with Crippen molar-refractivity contribution in [3.8, 4) is 33.6 Å². The fourth-order valence-corrected chi connectivity index (χ4v) is 7.74. The fraction of sp³-hybridized carbons (Fsp3) is 0.357. The molecule has 0 saturated carbocycles. The smallest absolute Gasteiger partial charge is 0.407 e. The molecule has 3 aromatic heterocycles. The summed E-state index contributed by atoms with van der Waals surface area (Å²) in [5.41, 5.74) is 11.7. The monoisotopic (exact) mass is 789 g/mol. The second-order valence-corrected chi connectivity index (χ2v) is 14.4. The van der Waals surface area contributed by atoms with E-state index in [1.54, 1.807) is 47.6 Å². The summed E-state index contributed by atoms with van der Waals surface area (Å²) in [6, 6.07) is 18.4. The van der Waals surface area contributed by atoms with E-state index in [4.69, 9.17) is 19.9 Å². The Labute approximate surface area is 335 Å². The third-order valence-electron chi connectivity index (χ3n) is 10.9. The van der Waals surface area contributed by atoms with Gasteiger partial charge in [-0.3, -0.25) is 14.6 Å². The molecule has 58 heavy (non-hydrogen) atoms. The summed E-state index contributed by atoms with van der Waals surface area (Å²) in [5.74, 6) is 0.764. The highest BCUT2D eigenvalue weighted by Crippen LogP contribution is 2.35. The lowest BCUT2D eigenvalue weighted by Crippen LogP contribution is -2.54. The lowest BCUT2D eigenvalue weighted by Gasteiger charge is -2.30. The van der Waals surface area contributed by atoms with Crippen LogP contribution in [0.5, 0.6) is 0 Å². The highest BCUT2D eigenvalue weighted by molar-refractivity contribution is 5.87. The summed E-state index contributed by atoms with van der Waals surface area (Å²) >= 11 is 0. The van der Waals surface area contributed by atoms with Gasteiger partial charge in [-0.2, -0.15) is 0 Å². The van der Waals surface area contributed by atoms with Crippen molar-refractivity contribution in [3.05, 3.63) is 103 Å². The van der Waals surface area contributed by atoms with Gasteiger partial charge in [0.05, 0.1) is 49.1 Å². The van der Waals surface area contributed by atoms with E-state index in [1.165, 1.54) is 14.2 Å². The van der Waals surface area contributed by atoms with Crippen molar-refractivity contribution in [2.24, 2.45) is 5.73 Å². The van der Waals surface area contributed by atoms with Gasteiger partial charge in [-0.1, -0.05) is 54.6 Å². The van der Waals surface area contributed by atoms with Crippen molar-refractivity contribution in [2.75, 3.05) is 27.3 Å². The Morgan fingerprint density at radius 3 is 1.81 bits per heavy atom. The van der Waals surface area contributed by atoms with Crippen LogP contribution in [0.3, 0.4) is 0 Å². The summed E-state index contributed by atoms with van der Waals surface area (Å²) in [6.07, 6.45) is 6.68. The standard InChI is InChI=1S/C42H47N9O7/c1-25(56-2)36(49-42(55)57-3)40(53)51-20-6-9-34(51)38-46-24-32(48-38)30-16-12-28(13-17-30)27-10-14-29(15-11-27)31-23-45-37(47-31)33-8-5-19-50(33)39(52)35(58-41(43)54)21-26-7-4-18-44-22-26/h4,7,10-18,22-25,33-36H,5-6,8-9,19-21H2,1-3H3,(H2,43,54)(H,45,47)(H,46,48)(H,49,55)/t25-,33+,34?,35+,36+/m1/s1. The molecule has 2 saturated heterocycles. The second kappa shape index (κ2) is 17.7. The molecule has 0 aliphatic carbocycles. The molecule has 4 amide bonds. The number of hydrogen-bond donors (Lipinski definition) is 4. The molecule has 5 atom stereocenters. The Bertz CT molecular complexity index is 2210. The number of rotatable bonds is 13. The number of carbonyl (C=O) groups is 4. The van der Waals surface area contributed by atoms with Crippen LogP contribution in [0.2, 0.25) is 0 Å². The Morgan fingerprint density at radius 2 is 1.33 bits per heavy atom. The Kier molecular flexibility index (Phi) is 12.1. The molecule has 302 valence electrons. The average Bonchev–Trinajstić information content (AvgIpc) is 4.09. The molecule has 2 fully saturated rings. The molecule has 5 aromatic rings. The highest BCUT2D eigenvalue weighted by Gasteiger charge is 2.39. The number of nitrogens with two attached hydrogens (primary N) is 1. The normalized spacial score (nSPS) is 18.1. The number of aromatic nitrogens is 5. The van der Waals surface area contributed by atoms with Crippen molar-refractivity contribution < 1.29 is 33.4 Å². The molecule has 5 N–H and O–H groups in total. The third kappa shape index (κ3) is 8.71. The number of nitrogens with one attached hydrogen (secondary N) is 3. The maximum absolute atomic E-state index is 13.7. The number of benzene rings is 2. The SMILES string of the molecule is COC(=O)N[C@H](C(=O)N1CCCC1c1ncc(-c2ccc(-c3ccc(-c4cnc([C@@H]5CCCN5C(=O)[C@H](Cc5cccnc5)OC(N)=O)[nH]4)cc3)cc2)[nH]1)[C@@H](C)OC. The summed E-state index contributed by atoms with van der Waals surface area (Å²) < 4.78 is 15.4. The summed E-state index contributed by atoms with van der Waals surface area (Å²) in [6.45, 7) is 2.77. The van der Waals surface area contributed by atoms with Crippen molar-refractivity contribution in [1.82, 2.24) is 40.0 Å². The number of nitrogens with zero attached hydrogens (tertiary/aromatic N) is 5. The zero-order valence-corrected chi connectivity index (χ0v) is 32.6. The van der Waals surface area contributed by atoms with Gasteiger partial charge in [-0.15, -0.1) is 0 Å². The van der Waals surface area contributed by atoms with E-state index >= 15 is 0 Å². The van der Waals surface area contributed by atoms with Crippen LogP contribution in [0, 0.1) is 0 Å². The molecule has 7 rings (SSSR count). The van der Waals surface area contributed by atoms with Crippen LogP contribution in [0.15, 0.2) is 85.5 Å². The number of primary amides is 1. The van der Waals surface area contributed by atoms with Gasteiger partial charge in [-0.05, 0) is 66.5 Å². The van der Waals surface area contributed by atoms with Crippen molar-refractivity contribution in [3.63, 3.8) is 0 Å². The largest absolute Gasteiger partial charge is 0.453 e. The predicted octanol–water partition coefficient (Wildman–Crippen LogP) is 5.32. The minimum atomic E-state index is -1.07. The number of pyridine rings is 1. The van der Waals surface area contributed by atoms with Gasteiger partial charge in [0.25, 0.3) is 5.91 Å². The first-order valence-corrected chi connectivity index (χ1v) is 19.3. The lowest BCUT2D eigenvalue weighted by molar-refractivity contribution is -0.141. The highest BCUT2D eigenvalue weighted by atomic mass is 16.6. The molecule has 1 unspecified atom stereocenters. The average molecular weight is 790 g/mol. The van der Waals surface area contributed by atoms with Crippen LogP contribution in [0.4, 0.5) is 9.59 Å². The molecule has 2 aliphatic heterocycles. The number of likely N-dealkylation sites (tertiary alicyclic amines) is 2. The molecule has 0 spiro atoms. The van der Waals surface area contributed by atoms with Gasteiger partial charge in [0, 0.05) is 39.0 Å². The molecule has 0 radical (unpaired) electrons. The zero-order valence-electron chi connectivity index (χ0n) is 32.6. The van der Waals surface area contributed by atoms with Crippen LogP contribution in [-0.4, -0.2) is 104 Å². The first kappa shape index (κ1) is 39.7. The molecular weight excluding hydrogens is 743 g/mol. The van der Waals surface area contributed by atoms with Gasteiger partial charge < -0.3 is 45.0 Å². The minimum absolute atomic E-state index is 0.166. The number of ether oxygens (including phenoxy) is 3. The van der Waals surface area contributed by atoms with E-state index in [1.807, 2.05) is 42.5 Å². The Hall–Kier alpha value is -6.55. The van der Waals surface area contributed by atoms with Crippen molar-refractivity contribution in [2.45, 2.75) is 69.4 Å². The van der Waals surface area contributed by atoms with Gasteiger partial charge in [0.1, 0.15) is 17.7 Å². The molecule has 0 bridgehead atoms. The number of alkyl carbamates (subject to hydrolysis) is 1. The first-order chi connectivity index (χ1) is 28.1. The molecule has 16 heteroatoms. The number of methoxy groups -OCH3 is 2. The van der Waals surface area contributed by atoms with Gasteiger partial charge in [0.2, 0.25) is 5.91 Å². The van der Waals surface area contributed by atoms with Gasteiger partial charge >= 0.3 is 12.2 Å². The van der Waals surface area contributed by atoms with Crippen LogP contribution in [0.1, 0.15) is 61.9 Å². The number of H-pyrrole nitrogens is 2. The summed E-state index contributed by atoms with van der Waals surface area (Å²) in [7, 11) is 2.75. The quantitative estimate of drug-likeness (QED) is 0.121. The lowest BCUT2D eigenvalue weighted by atomic mass is 10.0. The van der Waals surface area contributed by atoms with Crippen LogP contribution in [0.25, 0.3) is 33.6 Å². The first-order valence-electron chi connectivity index (χ1n) is 19.3. The molecule has 5 heterocycles. The van der Waals surface area contributed by atoms with Crippen LogP contribution >= 0.6 is 0 Å². The van der Waals surface area contributed by atoms with Crippen LogP contribution in [-0.2, 0) is 30.2 Å². The second-order valence-electron chi connectivity index (χ2n) is 14.4. The Morgan fingerprint density at radius 1 is 0.793 bits per heavy atom. The maximum atomic E-state index is 13.7. The molecule has 16 nitrogen and oxygen atoms in total. The van der Waals surface area contributed by atoms with Gasteiger partial charge in [0.15, 0.2) is 6.10 Å². The van der Waals surface area contributed by atoms with E-state index in [2.05, 4.69) is 42.4 Å². The fourth-order valence-electron chi connectivity index (χ4n) is 7.74. The van der Waals surface area contributed by atoms with E-state index < -0.39 is 30.4 Å². The number of carbonyl (C=O) groups excluding carboxylic acids is 4. The van der Waals surface area contributed by atoms with Gasteiger partial charge in [-0.25, -0.2) is 19.6 Å². The maximum Gasteiger partial charge on any atom is 0.407 e. The number of imidazole rings is 2. The molecule has 2 aliphatic rings. The zero-order chi connectivity index (χ0) is 40.8. The minimum Gasteiger partial charge on any atom is -0.453 e. The summed E-state index contributed by atoms with van der Waals surface area (Å²) in [4.78, 5) is 74.7. The Balaban J connectivity index is 0.999. The van der Waals surface area contributed by atoms with E-state index in [9.17, 15) is 19.2 Å². The van der Waals surface area contributed by atoms with Crippen LogP contribution < -0.4 is 11.1 Å². The van der Waals surface area contributed by atoms with Crippen molar-refractivity contribution in [1.29, 1.82) is 0 Å². The topological polar surface area (TPSA) is 211 Å². The summed E-state index contributed by atoms with van der Waals surface area (Å²) in [5, 5.41) is 2.62. The molecular formula is C42H47N9O7. The predicted molar refractivity (Wildman–Crippen MR) is 213 cm³/mol. The third-order valence-corrected chi connectivity index (χ3v) is 10.9. The number of hydrogen-bond acceptors (Lipinski definition) is 10. The van der Waals surface area contributed by atoms with E-state index in [0.29, 0.717) is 31.2 Å².